The fraction of sp³-hybridized carbons (Fsp3) is 0.667. The molecule has 2 atom stereocenters. The zero-order valence-electron chi connectivity index (χ0n) is 14.1. The Labute approximate surface area is 130 Å². The molecule has 0 amide bonds. The Morgan fingerprint density at radius 3 is 2.52 bits per heavy atom. The molecule has 0 bridgehead atoms. The van der Waals surface area contributed by atoms with Gasteiger partial charge in [-0.05, 0) is 59.3 Å². The van der Waals surface area contributed by atoms with Crippen molar-refractivity contribution in [3.8, 4) is 0 Å². The van der Waals surface area contributed by atoms with Gasteiger partial charge in [0.2, 0.25) is 0 Å². The lowest BCUT2D eigenvalue weighted by Crippen LogP contribution is -2.38. The van der Waals surface area contributed by atoms with Crippen LogP contribution < -0.4 is 5.73 Å². The molecular formula is C18H31N3. The number of nitrogens with two attached hydrogens (primary N) is 1. The van der Waals surface area contributed by atoms with Crippen molar-refractivity contribution in [1.82, 2.24) is 9.80 Å². The topological polar surface area (TPSA) is 32.5 Å². The third-order valence-corrected chi connectivity index (χ3v) is 4.47. The van der Waals surface area contributed by atoms with Crippen LogP contribution in [0.25, 0.3) is 0 Å². The Kier molecular flexibility index (Phi) is 5.80. The van der Waals surface area contributed by atoms with Crippen molar-refractivity contribution in [2.24, 2.45) is 5.73 Å². The molecule has 0 aromatic heterocycles. The summed E-state index contributed by atoms with van der Waals surface area (Å²) >= 11 is 0. The van der Waals surface area contributed by atoms with Gasteiger partial charge in [0.15, 0.2) is 0 Å². The lowest BCUT2D eigenvalue weighted by atomic mass is 9.99. The first kappa shape index (κ1) is 16.5. The average Bonchev–Trinajstić information content (AvgIpc) is 2.81. The van der Waals surface area contributed by atoms with Crippen LogP contribution in [0, 0.1) is 13.8 Å². The number of hydrogen-bond donors (Lipinski definition) is 1. The van der Waals surface area contributed by atoms with Gasteiger partial charge < -0.3 is 10.6 Å². The highest BCUT2D eigenvalue weighted by molar-refractivity contribution is 5.30. The van der Waals surface area contributed by atoms with Gasteiger partial charge in [-0.15, -0.1) is 0 Å². The second-order valence-corrected chi connectivity index (χ2v) is 6.91. The molecule has 1 aliphatic rings. The van der Waals surface area contributed by atoms with E-state index in [1.54, 1.807) is 0 Å². The first-order valence-corrected chi connectivity index (χ1v) is 8.18. The molecule has 0 aliphatic carbocycles. The molecule has 2 N–H and O–H groups in total. The van der Waals surface area contributed by atoms with E-state index in [4.69, 9.17) is 5.73 Å². The number of likely N-dealkylation sites (N-methyl/N-ethyl adjacent to an activating group) is 1. The summed E-state index contributed by atoms with van der Waals surface area (Å²) in [7, 11) is 4.33. The van der Waals surface area contributed by atoms with E-state index in [9.17, 15) is 0 Å². The third-order valence-electron chi connectivity index (χ3n) is 4.47. The lowest BCUT2D eigenvalue weighted by Gasteiger charge is -2.28. The summed E-state index contributed by atoms with van der Waals surface area (Å²) in [4.78, 5) is 4.93. The highest BCUT2D eigenvalue weighted by Crippen LogP contribution is 2.22. The highest BCUT2D eigenvalue weighted by Gasteiger charge is 2.25. The molecule has 1 aliphatic heterocycles. The molecular weight excluding hydrogens is 258 g/mol. The largest absolute Gasteiger partial charge is 0.324 e. The minimum absolute atomic E-state index is 0.157. The second-order valence-electron chi connectivity index (χ2n) is 6.91. The van der Waals surface area contributed by atoms with Gasteiger partial charge in [0, 0.05) is 25.2 Å². The highest BCUT2D eigenvalue weighted by atomic mass is 15.2. The zero-order valence-corrected chi connectivity index (χ0v) is 14.1. The van der Waals surface area contributed by atoms with Crippen molar-refractivity contribution >= 4 is 0 Å². The van der Waals surface area contributed by atoms with E-state index in [2.05, 4.69) is 55.9 Å². The van der Waals surface area contributed by atoms with Crippen molar-refractivity contribution < 1.29 is 0 Å². The van der Waals surface area contributed by atoms with Crippen molar-refractivity contribution in [2.75, 3.05) is 33.7 Å². The fourth-order valence-electron chi connectivity index (χ4n) is 3.51. The number of likely N-dealkylation sites (tertiary alicyclic amines) is 1. The molecule has 2 unspecified atom stereocenters. The maximum atomic E-state index is 6.42. The SMILES string of the molecule is Cc1cc(C)cc(C(N)CCN2CCCC2CN(C)C)c1. The molecule has 1 fully saturated rings. The van der Waals surface area contributed by atoms with Gasteiger partial charge >= 0.3 is 0 Å². The molecule has 1 heterocycles. The van der Waals surface area contributed by atoms with Gasteiger partial charge in [-0.1, -0.05) is 29.3 Å². The van der Waals surface area contributed by atoms with E-state index < -0.39 is 0 Å². The summed E-state index contributed by atoms with van der Waals surface area (Å²) < 4.78 is 0. The molecule has 3 heteroatoms. The number of benzene rings is 1. The molecule has 118 valence electrons. The molecule has 1 aromatic rings. The number of aryl methyl sites for hydroxylation is 2. The smallest absolute Gasteiger partial charge is 0.0307 e. The molecule has 0 spiro atoms. The summed E-state index contributed by atoms with van der Waals surface area (Å²) in [5.41, 5.74) is 10.3. The minimum Gasteiger partial charge on any atom is -0.324 e. The van der Waals surface area contributed by atoms with Crippen LogP contribution in [0.15, 0.2) is 18.2 Å². The molecule has 0 radical (unpaired) electrons. The number of nitrogens with zero attached hydrogens (tertiary/aromatic N) is 2. The first-order chi connectivity index (χ1) is 9.95. The Hall–Kier alpha value is -0.900. The van der Waals surface area contributed by atoms with Crippen molar-refractivity contribution in [1.29, 1.82) is 0 Å². The summed E-state index contributed by atoms with van der Waals surface area (Å²) in [6, 6.07) is 7.55. The summed E-state index contributed by atoms with van der Waals surface area (Å²) in [5.74, 6) is 0. The van der Waals surface area contributed by atoms with Crippen LogP contribution in [-0.2, 0) is 0 Å². The van der Waals surface area contributed by atoms with Crippen molar-refractivity contribution in [3.63, 3.8) is 0 Å². The molecule has 3 nitrogen and oxygen atoms in total. The second kappa shape index (κ2) is 7.39. The van der Waals surface area contributed by atoms with E-state index in [-0.39, 0.29) is 6.04 Å². The predicted octanol–water partition coefficient (Wildman–Crippen LogP) is 2.72. The normalized spacial score (nSPS) is 21.1. The van der Waals surface area contributed by atoms with Gasteiger partial charge in [-0.25, -0.2) is 0 Å². The van der Waals surface area contributed by atoms with Crippen LogP contribution in [0.3, 0.4) is 0 Å². The Bertz CT molecular complexity index is 436. The van der Waals surface area contributed by atoms with Crippen LogP contribution in [0.2, 0.25) is 0 Å². The van der Waals surface area contributed by atoms with Crippen LogP contribution in [0.5, 0.6) is 0 Å². The van der Waals surface area contributed by atoms with E-state index >= 15 is 0 Å². The monoisotopic (exact) mass is 289 g/mol. The summed E-state index contributed by atoms with van der Waals surface area (Å²) in [5, 5.41) is 0. The van der Waals surface area contributed by atoms with Gasteiger partial charge in [0.25, 0.3) is 0 Å². The van der Waals surface area contributed by atoms with Gasteiger partial charge in [0.1, 0.15) is 0 Å². The van der Waals surface area contributed by atoms with Crippen LogP contribution in [0.1, 0.15) is 42.0 Å². The third kappa shape index (κ3) is 4.80. The molecule has 21 heavy (non-hydrogen) atoms. The Balaban J connectivity index is 1.89. The van der Waals surface area contributed by atoms with Gasteiger partial charge in [-0.2, -0.15) is 0 Å². The van der Waals surface area contributed by atoms with Gasteiger partial charge in [0.05, 0.1) is 0 Å². The van der Waals surface area contributed by atoms with Gasteiger partial charge in [-0.3, -0.25) is 4.90 Å². The Morgan fingerprint density at radius 1 is 1.24 bits per heavy atom. The van der Waals surface area contributed by atoms with Crippen molar-refractivity contribution in [2.45, 2.75) is 45.2 Å². The van der Waals surface area contributed by atoms with Crippen LogP contribution in [-0.4, -0.2) is 49.6 Å². The maximum Gasteiger partial charge on any atom is 0.0307 e. The fourth-order valence-corrected chi connectivity index (χ4v) is 3.51. The first-order valence-electron chi connectivity index (χ1n) is 8.18. The van der Waals surface area contributed by atoms with E-state index in [0.29, 0.717) is 6.04 Å². The molecule has 1 aromatic carbocycles. The zero-order chi connectivity index (χ0) is 15.4. The quantitative estimate of drug-likeness (QED) is 0.874. The van der Waals surface area contributed by atoms with E-state index in [1.165, 1.54) is 42.6 Å². The molecule has 2 rings (SSSR count). The van der Waals surface area contributed by atoms with E-state index in [0.717, 1.165) is 13.0 Å². The lowest BCUT2D eigenvalue weighted by molar-refractivity contribution is 0.202. The number of hydrogen-bond acceptors (Lipinski definition) is 3. The van der Waals surface area contributed by atoms with Crippen molar-refractivity contribution in [3.05, 3.63) is 34.9 Å². The minimum atomic E-state index is 0.157. The predicted molar refractivity (Wildman–Crippen MR) is 90.6 cm³/mol. The van der Waals surface area contributed by atoms with E-state index in [1.807, 2.05) is 0 Å². The average molecular weight is 289 g/mol. The summed E-state index contributed by atoms with van der Waals surface area (Å²) in [6.45, 7) is 7.82. The number of rotatable bonds is 6. The summed E-state index contributed by atoms with van der Waals surface area (Å²) in [6.07, 6.45) is 3.71. The Morgan fingerprint density at radius 2 is 1.90 bits per heavy atom. The van der Waals surface area contributed by atoms with Crippen LogP contribution in [0.4, 0.5) is 0 Å². The standard InChI is InChI=1S/C18H31N3/c1-14-10-15(2)12-16(11-14)18(19)7-9-21-8-5-6-17(21)13-20(3)4/h10-12,17-18H,5-9,13,19H2,1-4H3. The molecule has 1 saturated heterocycles. The molecule has 0 saturated carbocycles. The van der Waals surface area contributed by atoms with Crippen LogP contribution >= 0.6 is 0 Å². The maximum absolute atomic E-state index is 6.42.